The van der Waals surface area contributed by atoms with Crippen molar-refractivity contribution in [1.29, 1.82) is 0 Å². The minimum atomic E-state index is 0.367. The Morgan fingerprint density at radius 1 is 1.16 bits per heavy atom. The zero-order valence-electron chi connectivity index (χ0n) is 12.7. The molecular formula is C16H32N2O. The molecule has 1 aliphatic carbocycles. The molecule has 3 atom stereocenters. The van der Waals surface area contributed by atoms with Gasteiger partial charge in [0, 0.05) is 19.2 Å². The van der Waals surface area contributed by atoms with Crippen molar-refractivity contribution in [2.24, 2.45) is 29.4 Å². The van der Waals surface area contributed by atoms with Crippen molar-refractivity contribution in [3.8, 4) is 0 Å². The van der Waals surface area contributed by atoms with Crippen LogP contribution >= 0.6 is 0 Å². The van der Waals surface area contributed by atoms with Crippen molar-refractivity contribution in [1.82, 2.24) is 4.90 Å². The van der Waals surface area contributed by atoms with E-state index in [0.717, 1.165) is 37.8 Å². The molecule has 3 nitrogen and oxygen atoms in total. The molecule has 0 aromatic rings. The quantitative estimate of drug-likeness (QED) is 0.821. The van der Waals surface area contributed by atoms with Crippen LogP contribution in [-0.2, 0) is 0 Å². The highest BCUT2D eigenvalue weighted by molar-refractivity contribution is 4.86. The van der Waals surface area contributed by atoms with Gasteiger partial charge in [0.25, 0.3) is 0 Å². The second-order valence-corrected chi connectivity index (χ2v) is 7.17. The summed E-state index contributed by atoms with van der Waals surface area (Å²) in [4.78, 5) is 2.58. The first-order valence-corrected chi connectivity index (χ1v) is 8.19. The maximum absolute atomic E-state index is 9.20. The molecule has 112 valence electrons. The Bertz CT molecular complexity index is 261. The van der Waals surface area contributed by atoms with E-state index in [2.05, 4.69) is 18.7 Å². The van der Waals surface area contributed by atoms with Gasteiger partial charge in [-0.15, -0.1) is 0 Å². The van der Waals surface area contributed by atoms with Crippen LogP contribution < -0.4 is 5.73 Å². The number of piperidine rings is 1. The number of likely N-dealkylation sites (tertiary alicyclic amines) is 1. The molecule has 1 heterocycles. The minimum Gasteiger partial charge on any atom is -0.396 e. The van der Waals surface area contributed by atoms with E-state index in [9.17, 15) is 5.11 Å². The average Bonchev–Trinajstić information content (AvgIpc) is 2.42. The lowest BCUT2D eigenvalue weighted by Gasteiger charge is -2.40. The third kappa shape index (κ3) is 4.17. The molecule has 2 rings (SSSR count). The maximum Gasteiger partial charge on any atom is 0.0460 e. The van der Waals surface area contributed by atoms with E-state index < -0.39 is 0 Å². The fourth-order valence-corrected chi connectivity index (χ4v) is 3.82. The SMILES string of the molecule is CC(C)C1CCC(N)C(CN2CCC(CO)CC2)C1. The standard InChI is InChI=1S/C16H32N2O/c1-12(2)14-3-4-16(17)15(9-14)10-18-7-5-13(11-19)6-8-18/h12-16,19H,3-11,17H2,1-2H3. The first-order chi connectivity index (χ1) is 9.10. The molecule has 0 bridgehead atoms. The van der Waals surface area contributed by atoms with E-state index in [1.54, 1.807) is 0 Å². The summed E-state index contributed by atoms with van der Waals surface area (Å²) in [5.41, 5.74) is 6.35. The Hall–Kier alpha value is -0.120. The number of aliphatic hydroxyl groups is 1. The molecule has 0 radical (unpaired) electrons. The first-order valence-electron chi connectivity index (χ1n) is 8.19. The lowest BCUT2D eigenvalue weighted by molar-refractivity contribution is 0.0925. The normalized spacial score (nSPS) is 34.9. The van der Waals surface area contributed by atoms with Gasteiger partial charge in [-0.05, 0) is 68.9 Å². The Morgan fingerprint density at radius 2 is 1.84 bits per heavy atom. The summed E-state index contributed by atoms with van der Waals surface area (Å²) < 4.78 is 0. The van der Waals surface area contributed by atoms with Gasteiger partial charge in [0.1, 0.15) is 0 Å². The van der Waals surface area contributed by atoms with Crippen molar-refractivity contribution < 1.29 is 5.11 Å². The highest BCUT2D eigenvalue weighted by Gasteiger charge is 2.31. The highest BCUT2D eigenvalue weighted by Crippen LogP contribution is 2.34. The van der Waals surface area contributed by atoms with Gasteiger partial charge in [-0.3, -0.25) is 0 Å². The van der Waals surface area contributed by atoms with Crippen molar-refractivity contribution >= 4 is 0 Å². The topological polar surface area (TPSA) is 49.5 Å². The van der Waals surface area contributed by atoms with E-state index in [4.69, 9.17) is 5.73 Å². The number of hydrogen-bond donors (Lipinski definition) is 2. The summed E-state index contributed by atoms with van der Waals surface area (Å²) in [6, 6.07) is 0.408. The molecular weight excluding hydrogens is 236 g/mol. The maximum atomic E-state index is 9.20. The molecule has 2 aliphatic rings. The largest absolute Gasteiger partial charge is 0.396 e. The monoisotopic (exact) mass is 268 g/mol. The predicted octanol–water partition coefficient (Wildman–Crippen LogP) is 2.09. The van der Waals surface area contributed by atoms with Crippen LogP contribution in [0.4, 0.5) is 0 Å². The van der Waals surface area contributed by atoms with Crippen molar-refractivity contribution in [3.63, 3.8) is 0 Å². The van der Waals surface area contributed by atoms with Gasteiger partial charge in [0.15, 0.2) is 0 Å². The van der Waals surface area contributed by atoms with Crippen LogP contribution in [0.15, 0.2) is 0 Å². The van der Waals surface area contributed by atoms with E-state index in [-0.39, 0.29) is 0 Å². The first kappa shape index (κ1) is 15.3. The van der Waals surface area contributed by atoms with E-state index >= 15 is 0 Å². The van der Waals surface area contributed by atoms with Gasteiger partial charge in [0.05, 0.1) is 0 Å². The Labute approximate surface area is 118 Å². The van der Waals surface area contributed by atoms with Crippen LogP contribution in [0.1, 0.15) is 46.0 Å². The summed E-state index contributed by atoms with van der Waals surface area (Å²) in [5.74, 6) is 2.90. The van der Waals surface area contributed by atoms with Gasteiger partial charge in [-0.1, -0.05) is 13.8 Å². The third-order valence-electron chi connectivity index (χ3n) is 5.48. The van der Waals surface area contributed by atoms with Crippen molar-refractivity contribution in [2.75, 3.05) is 26.2 Å². The van der Waals surface area contributed by atoms with Crippen LogP contribution in [0.2, 0.25) is 0 Å². The van der Waals surface area contributed by atoms with Crippen LogP contribution in [0.3, 0.4) is 0 Å². The number of hydrogen-bond acceptors (Lipinski definition) is 3. The molecule has 3 unspecified atom stereocenters. The summed E-state index contributed by atoms with van der Waals surface area (Å²) in [7, 11) is 0. The molecule has 1 saturated heterocycles. The van der Waals surface area contributed by atoms with Crippen molar-refractivity contribution in [3.05, 3.63) is 0 Å². The molecule has 0 amide bonds. The van der Waals surface area contributed by atoms with E-state index in [1.807, 2.05) is 0 Å². The van der Waals surface area contributed by atoms with Crippen molar-refractivity contribution in [2.45, 2.75) is 52.0 Å². The minimum absolute atomic E-state index is 0.367. The van der Waals surface area contributed by atoms with E-state index in [0.29, 0.717) is 24.5 Å². The Balaban J connectivity index is 1.80. The van der Waals surface area contributed by atoms with Gasteiger partial charge < -0.3 is 15.7 Å². The Kier molecular flexibility index (Phi) is 5.67. The van der Waals surface area contributed by atoms with Crippen LogP contribution in [0.5, 0.6) is 0 Å². The van der Waals surface area contributed by atoms with Gasteiger partial charge in [-0.2, -0.15) is 0 Å². The molecule has 0 aromatic heterocycles. The number of nitrogens with zero attached hydrogens (tertiary/aromatic N) is 1. The van der Waals surface area contributed by atoms with E-state index in [1.165, 1.54) is 25.8 Å². The second kappa shape index (κ2) is 7.05. The highest BCUT2D eigenvalue weighted by atomic mass is 16.3. The fourth-order valence-electron chi connectivity index (χ4n) is 3.82. The molecule has 1 aliphatic heterocycles. The smallest absolute Gasteiger partial charge is 0.0460 e. The number of aliphatic hydroxyl groups excluding tert-OH is 1. The Morgan fingerprint density at radius 3 is 2.42 bits per heavy atom. The zero-order chi connectivity index (χ0) is 13.8. The van der Waals surface area contributed by atoms with Crippen LogP contribution in [0, 0.1) is 23.7 Å². The average molecular weight is 268 g/mol. The van der Waals surface area contributed by atoms with Gasteiger partial charge in [-0.25, -0.2) is 0 Å². The van der Waals surface area contributed by atoms with Gasteiger partial charge >= 0.3 is 0 Å². The number of nitrogens with two attached hydrogens (primary N) is 1. The lowest BCUT2D eigenvalue weighted by Crippen LogP contribution is -2.46. The molecule has 1 saturated carbocycles. The molecule has 3 N–H and O–H groups in total. The zero-order valence-corrected chi connectivity index (χ0v) is 12.7. The lowest BCUT2D eigenvalue weighted by atomic mass is 9.73. The number of rotatable bonds is 4. The summed E-state index contributed by atoms with van der Waals surface area (Å²) in [5, 5.41) is 9.20. The molecule has 0 aromatic carbocycles. The molecule has 0 spiro atoms. The summed E-state index contributed by atoms with van der Waals surface area (Å²) >= 11 is 0. The van der Waals surface area contributed by atoms with Crippen LogP contribution in [-0.4, -0.2) is 42.3 Å². The molecule has 2 fully saturated rings. The predicted molar refractivity (Wildman–Crippen MR) is 79.9 cm³/mol. The third-order valence-corrected chi connectivity index (χ3v) is 5.48. The summed E-state index contributed by atoms with van der Waals surface area (Å²) in [6.07, 6.45) is 6.17. The second-order valence-electron chi connectivity index (χ2n) is 7.17. The molecule has 19 heavy (non-hydrogen) atoms. The van der Waals surface area contributed by atoms with Crippen LogP contribution in [0.25, 0.3) is 0 Å². The van der Waals surface area contributed by atoms with Gasteiger partial charge in [0.2, 0.25) is 0 Å². The molecule has 3 heteroatoms. The fraction of sp³-hybridized carbons (Fsp3) is 1.00. The summed E-state index contributed by atoms with van der Waals surface area (Å²) in [6.45, 7) is 8.56.